The van der Waals surface area contributed by atoms with E-state index < -0.39 is 6.10 Å². The summed E-state index contributed by atoms with van der Waals surface area (Å²) >= 11 is 0. The van der Waals surface area contributed by atoms with Crippen molar-refractivity contribution < 1.29 is 28.6 Å². The van der Waals surface area contributed by atoms with Crippen LogP contribution in [0.2, 0.25) is 0 Å². The van der Waals surface area contributed by atoms with Crippen LogP contribution in [-0.2, 0) is 28.6 Å². The summed E-state index contributed by atoms with van der Waals surface area (Å²) < 4.78 is 16.9. The highest BCUT2D eigenvalue weighted by molar-refractivity contribution is 5.71. The molecular formula is C72H126O6. The number of rotatable bonds is 61. The maximum Gasteiger partial charge on any atom is 0.306 e. The van der Waals surface area contributed by atoms with Gasteiger partial charge in [-0.05, 0) is 89.9 Å². The fourth-order valence-electron chi connectivity index (χ4n) is 9.63. The van der Waals surface area contributed by atoms with Crippen molar-refractivity contribution in [2.45, 2.75) is 341 Å². The third-order valence-corrected chi connectivity index (χ3v) is 14.6. The minimum atomic E-state index is -0.775. The Morgan fingerprint density at radius 1 is 0.269 bits per heavy atom. The summed E-state index contributed by atoms with van der Waals surface area (Å²) in [5.41, 5.74) is 0. The molecule has 6 heteroatoms. The van der Waals surface area contributed by atoms with E-state index in [9.17, 15) is 14.4 Å². The van der Waals surface area contributed by atoms with Gasteiger partial charge >= 0.3 is 17.9 Å². The summed E-state index contributed by atoms with van der Waals surface area (Å²) in [5.74, 6) is -0.868. The first-order valence-corrected chi connectivity index (χ1v) is 33.6. The SMILES string of the molecule is CC/C=C\C/C=C\C/C=C\C/C=C\C/C=C\C/C=C\CCCCCCCCCCCCCCCCCCC(=O)OCC(COC(=O)CCCCCCC/C=C\CCC)OC(=O)CCCCCCCCCCCCCCCCC. The van der Waals surface area contributed by atoms with Gasteiger partial charge in [-0.2, -0.15) is 0 Å². The molecule has 0 aliphatic carbocycles. The van der Waals surface area contributed by atoms with E-state index in [-0.39, 0.29) is 31.1 Å². The number of carbonyl (C=O) groups is 3. The normalized spacial score (nSPS) is 12.6. The van der Waals surface area contributed by atoms with Crippen LogP contribution < -0.4 is 0 Å². The van der Waals surface area contributed by atoms with Crippen LogP contribution in [0.5, 0.6) is 0 Å². The van der Waals surface area contributed by atoms with Gasteiger partial charge in [0.15, 0.2) is 6.10 Å². The second kappa shape index (κ2) is 66.1. The summed E-state index contributed by atoms with van der Waals surface area (Å²) in [5, 5.41) is 0. The first-order valence-electron chi connectivity index (χ1n) is 33.6. The molecule has 450 valence electrons. The Labute approximate surface area is 484 Å². The van der Waals surface area contributed by atoms with Crippen LogP contribution in [-0.4, -0.2) is 37.2 Å². The second-order valence-electron chi connectivity index (χ2n) is 22.4. The molecule has 0 spiro atoms. The van der Waals surface area contributed by atoms with Gasteiger partial charge < -0.3 is 14.2 Å². The molecule has 0 aliphatic heterocycles. The van der Waals surface area contributed by atoms with Crippen molar-refractivity contribution in [3.05, 3.63) is 85.1 Å². The van der Waals surface area contributed by atoms with Crippen LogP contribution >= 0.6 is 0 Å². The lowest BCUT2D eigenvalue weighted by Crippen LogP contribution is -2.30. The molecule has 0 aromatic carbocycles. The number of hydrogen-bond acceptors (Lipinski definition) is 6. The summed E-state index contributed by atoms with van der Waals surface area (Å²) in [4.78, 5) is 38.2. The Morgan fingerprint density at radius 2 is 0.526 bits per heavy atom. The standard InChI is InChI=1S/C72H126O6/c1-4-7-10-13-16-19-22-24-26-27-28-29-30-31-32-33-34-35-36-37-38-39-40-41-42-43-44-45-47-48-50-53-56-59-62-65-71(74)77-68-69(67-76-70(73)64-61-58-55-52-21-18-15-12-9-6-3)78-72(75)66-63-60-57-54-51-49-46-25-23-20-17-14-11-8-5-2/h7,10,12,15-16,19,24,26,28-29,31-32,34-35,69H,4-6,8-9,11,13-14,17-18,20-23,25,27,30,33,36-68H2,1-3H3/b10-7-,15-12-,19-16-,26-24-,29-28-,32-31-,35-34-. The van der Waals surface area contributed by atoms with Crippen molar-refractivity contribution in [3.8, 4) is 0 Å². The molecule has 6 nitrogen and oxygen atoms in total. The predicted octanol–water partition coefficient (Wildman–Crippen LogP) is 23.1. The van der Waals surface area contributed by atoms with E-state index in [1.165, 1.54) is 186 Å². The van der Waals surface area contributed by atoms with E-state index in [0.717, 1.165) is 109 Å². The van der Waals surface area contributed by atoms with Crippen LogP contribution in [0.1, 0.15) is 335 Å². The van der Waals surface area contributed by atoms with Crippen molar-refractivity contribution in [2.24, 2.45) is 0 Å². The fourth-order valence-corrected chi connectivity index (χ4v) is 9.63. The number of esters is 3. The molecule has 0 bridgehead atoms. The Hall–Kier alpha value is -3.41. The zero-order valence-electron chi connectivity index (χ0n) is 51.7. The van der Waals surface area contributed by atoms with Gasteiger partial charge in [-0.1, -0.05) is 311 Å². The molecule has 0 aromatic heterocycles. The molecule has 0 rings (SSSR count). The largest absolute Gasteiger partial charge is 0.462 e. The number of allylic oxidation sites excluding steroid dienone is 14. The van der Waals surface area contributed by atoms with E-state index in [1.807, 2.05) is 0 Å². The highest BCUT2D eigenvalue weighted by atomic mass is 16.6. The molecule has 1 unspecified atom stereocenters. The predicted molar refractivity (Wildman–Crippen MR) is 339 cm³/mol. The number of ether oxygens (including phenoxy) is 3. The maximum atomic E-state index is 12.9. The lowest BCUT2D eigenvalue weighted by molar-refractivity contribution is -0.167. The van der Waals surface area contributed by atoms with Crippen LogP contribution in [0.15, 0.2) is 85.1 Å². The molecule has 0 aliphatic rings. The Kier molecular flexibility index (Phi) is 63.2. The molecule has 0 saturated carbocycles. The summed E-state index contributed by atoms with van der Waals surface area (Å²) in [6.07, 6.45) is 87.6. The van der Waals surface area contributed by atoms with E-state index in [4.69, 9.17) is 14.2 Å². The third kappa shape index (κ3) is 63.4. The van der Waals surface area contributed by atoms with E-state index >= 15 is 0 Å². The van der Waals surface area contributed by atoms with Gasteiger partial charge in [-0.3, -0.25) is 14.4 Å². The topological polar surface area (TPSA) is 78.9 Å². The monoisotopic (exact) mass is 1090 g/mol. The average molecular weight is 1090 g/mol. The lowest BCUT2D eigenvalue weighted by Gasteiger charge is -2.18. The quantitative estimate of drug-likeness (QED) is 0.0261. The molecule has 1 atom stereocenters. The van der Waals surface area contributed by atoms with Crippen molar-refractivity contribution in [1.29, 1.82) is 0 Å². The molecule has 0 N–H and O–H groups in total. The molecule has 0 amide bonds. The summed E-state index contributed by atoms with van der Waals surface area (Å²) in [6, 6.07) is 0. The van der Waals surface area contributed by atoms with Crippen molar-refractivity contribution in [2.75, 3.05) is 13.2 Å². The van der Waals surface area contributed by atoms with Gasteiger partial charge in [-0.15, -0.1) is 0 Å². The van der Waals surface area contributed by atoms with Crippen LogP contribution in [0.25, 0.3) is 0 Å². The first-order chi connectivity index (χ1) is 38.5. The zero-order valence-corrected chi connectivity index (χ0v) is 51.7. The molecule has 0 saturated heterocycles. The van der Waals surface area contributed by atoms with Crippen molar-refractivity contribution in [3.63, 3.8) is 0 Å². The van der Waals surface area contributed by atoms with Gasteiger partial charge in [0.1, 0.15) is 13.2 Å². The van der Waals surface area contributed by atoms with Gasteiger partial charge in [0.05, 0.1) is 0 Å². The molecule has 78 heavy (non-hydrogen) atoms. The minimum absolute atomic E-state index is 0.0737. The highest BCUT2D eigenvalue weighted by Gasteiger charge is 2.19. The Balaban J connectivity index is 4.06. The second-order valence-corrected chi connectivity index (χ2v) is 22.4. The Bertz CT molecular complexity index is 1480. The summed E-state index contributed by atoms with van der Waals surface area (Å²) in [7, 11) is 0. The molecule has 0 heterocycles. The van der Waals surface area contributed by atoms with Crippen LogP contribution in [0.4, 0.5) is 0 Å². The summed E-state index contributed by atoms with van der Waals surface area (Å²) in [6.45, 7) is 6.49. The van der Waals surface area contributed by atoms with E-state index in [1.54, 1.807) is 0 Å². The highest BCUT2D eigenvalue weighted by Crippen LogP contribution is 2.17. The smallest absolute Gasteiger partial charge is 0.306 e. The third-order valence-electron chi connectivity index (χ3n) is 14.6. The van der Waals surface area contributed by atoms with Gasteiger partial charge in [0.25, 0.3) is 0 Å². The van der Waals surface area contributed by atoms with Crippen LogP contribution in [0.3, 0.4) is 0 Å². The minimum Gasteiger partial charge on any atom is -0.462 e. The van der Waals surface area contributed by atoms with Crippen molar-refractivity contribution in [1.82, 2.24) is 0 Å². The fraction of sp³-hybridized carbons (Fsp3) is 0.764. The van der Waals surface area contributed by atoms with Crippen molar-refractivity contribution >= 4 is 17.9 Å². The molecule has 0 radical (unpaired) electrons. The first kappa shape index (κ1) is 74.6. The molecule has 0 fully saturated rings. The van der Waals surface area contributed by atoms with Gasteiger partial charge in [-0.25, -0.2) is 0 Å². The molecular weight excluding hydrogens is 961 g/mol. The maximum absolute atomic E-state index is 12.9. The zero-order chi connectivity index (χ0) is 56.4. The lowest BCUT2D eigenvalue weighted by atomic mass is 10.0. The van der Waals surface area contributed by atoms with E-state index in [2.05, 4.69) is 106 Å². The molecule has 0 aromatic rings. The number of hydrogen-bond donors (Lipinski definition) is 0. The van der Waals surface area contributed by atoms with Gasteiger partial charge in [0.2, 0.25) is 0 Å². The van der Waals surface area contributed by atoms with Crippen LogP contribution in [0, 0.1) is 0 Å². The average Bonchev–Trinajstić information content (AvgIpc) is 3.44. The van der Waals surface area contributed by atoms with E-state index in [0.29, 0.717) is 19.3 Å². The number of unbranched alkanes of at least 4 members (excludes halogenated alkanes) is 36. The van der Waals surface area contributed by atoms with Gasteiger partial charge in [0, 0.05) is 19.3 Å². The Morgan fingerprint density at radius 3 is 0.846 bits per heavy atom. The number of carbonyl (C=O) groups excluding carboxylic acids is 3.